The Labute approximate surface area is 169 Å². The van der Waals surface area contributed by atoms with Crippen molar-refractivity contribution in [2.24, 2.45) is 0 Å². The molecule has 2 heterocycles. The molecule has 1 amide bonds. The maximum absolute atomic E-state index is 13.0. The summed E-state index contributed by atoms with van der Waals surface area (Å²) in [5.41, 5.74) is 2.31. The third kappa shape index (κ3) is 4.29. The van der Waals surface area contributed by atoms with Crippen LogP contribution < -0.4 is 14.8 Å². The van der Waals surface area contributed by atoms with Gasteiger partial charge < -0.3 is 19.7 Å². The molecule has 0 spiro atoms. The summed E-state index contributed by atoms with van der Waals surface area (Å²) in [6.07, 6.45) is 3.09. The molecule has 0 bridgehead atoms. The minimum atomic E-state index is -0.0986. The van der Waals surface area contributed by atoms with Crippen LogP contribution in [0.4, 0.5) is 11.6 Å². The topological polar surface area (TPSA) is 76.6 Å². The Morgan fingerprint density at radius 3 is 2.52 bits per heavy atom. The molecule has 1 N–H and O–H groups in total. The summed E-state index contributed by atoms with van der Waals surface area (Å²) in [6, 6.07) is 15.5. The van der Waals surface area contributed by atoms with Crippen molar-refractivity contribution in [3.8, 4) is 11.5 Å². The van der Waals surface area contributed by atoms with Crippen LogP contribution in [0.2, 0.25) is 0 Å². The average Bonchev–Trinajstić information content (AvgIpc) is 3.20. The maximum atomic E-state index is 13.0. The second kappa shape index (κ2) is 8.18. The molecule has 148 valence electrons. The Morgan fingerprint density at radius 1 is 1.07 bits per heavy atom. The van der Waals surface area contributed by atoms with E-state index in [1.807, 2.05) is 62.4 Å². The van der Waals surface area contributed by atoms with Gasteiger partial charge in [-0.2, -0.15) is 0 Å². The summed E-state index contributed by atoms with van der Waals surface area (Å²) in [7, 11) is 0. The highest BCUT2D eigenvalue weighted by Gasteiger charge is 2.20. The molecular formula is C22H22N4O3. The number of anilines is 2. The third-order valence-electron chi connectivity index (χ3n) is 4.61. The van der Waals surface area contributed by atoms with Gasteiger partial charge >= 0.3 is 0 Å². The quantitative estimate of drug-likeness (QED) is 0.686. The molecule has 1 aliphatic rings. The second-order valence-corrected chi connectivity index (χ2v) is 7.00. The fraction of sp³-hybridized carbons (Fsp3) is 0.227. The first-order valence-corrected chi connectivity index (χ1v) is 9.44. The molecule has 0 unspecified atom stereocenters. The zero-order chi connectivity index (χ0) is 20.2. The Bertz CT molecular complexity index is 991. The molecule has 1 aromatic heterocycles. The molecular weight excluding hydrogens is 368 g/mol. The van der Waals surface area contributed by atoms with E-state index in [0.717, 1.165) is 11.3 Å². The van der Waals surface area contributed by atoms with E-state index in [1.165, 1.54) is 0 Å². The second-order valence-electron chi connectivity index (χ2n) is 7.00. The fourth-order valence-corrected chi connectivity index (χ4v) is 3.04. The number of ether oxygens (including phenoxy) is 2. The lowest BCUT2D eigenvalue weighted by molar-refractivity contribution is 0.0689. The van der Waals surface area contributed by atoms with E-state index in [9.17, 15) is 4.79 Å². The molecule has 3 aromatic rings. The highest BCUT2D eigenvalue weighted by molar-refractivity contribution is 5.93. The van der Waals surface area contributed by atoms with Gasteiger partial charge in [0.2, 0.25) is 12.7 Å². The lowest BCUT2D eigenvalue weighted by atomic mass is 10.1. The number of benzene rings is 2. The molecule has 0 radical (unpaired) electrons. The van der Waals surface area contributed by atoms with Crippen LogP contribution in [0.1, 0.15) is 29.8 Å². The van der Waals surface area contributed by atoms with Crippen molar-refractivity contribution in [1.29, 1.82) is 0 Å². The number of nitrogens with zero attached hydrogens (tertiary/aromatic N) is 3. The van der Waals surface area contributed by atoms with Gasteiger partial charge in [0.05, 0.1) is 5.56 Å². The van der Waals surface area contributed by atoms with Gasteiger partial charge in [-0.3, -0.25) is 4.79 Å². The number of carbonyl (C=O) groups is 1. The number of nitrogens with one attached hydrogen (secondary N) is 1. The molecule has 7 heteroatoms. The van der Waals surface area contributed by atoms with Crippen molar-refractivity contribution in [3.63, 3.8) is 0 Å². The molecule has 29 heavy (non-hydrogen) atoms. The Hall–Kier alpha value is -3.61. The predicted octanol–water partition coefficient (Wildman–Crippen LogP) is 4.00. The normalized spacial score (nSPS) is 12.1. The maximum Gasteiger partial charge on any atom is 0.257 e. The molecule has 0 saturated heterocycles. The number of hydrogen-bond donors (Lipinski definition) is 1. The van der Waals surface area contributed by atoms with Crippen LogP contribution in [0.25, 0.3) is 0 Å². The number of rotatable bonds is 6. The number of amides is 1. The summed E-state index contributed by atoms with van der Waals surface area (Å²) in [4.78, 5) is 23.4. The van der Waals surface area contributed by atoms with E-state index in [1.54, 1.807) is 17.3 Å². The average molecular weight is 390 g/mol. The number of hydrogen-bond acceptors (Lipinski definition) is 6. The summed E-state index contributed by atoms with van der Waals surface area (Å²) in [6.45, 7) is 4.75. The standard InChI is InChI=1S/C22H22N4O3/c1-15(2)26(13-16-6-4-3-5-7-16)21(27)17-11-23-22(24-12-17)25-18-8-9-19-20(10-18)29-14-28-19/h3-12,15H,13-14H2,1-2H3,(H,23,24,25). The lowest BCUT2D eigenvalue weighted by Crippen LogP contribution is -2.36. The van der Waals surface area contributed by atoms with Gasteiger partial charge in [0.1, 0.15) is 0 Å². The van der Waals surface area contributed by atoms with Crippen molar-refractivity contribution in [2.75, 3.05) is 12.1 Å². The minimum Gasteiger partial charge on any atom is -0.454 e. The van der Waals surface area contributed by atoms with Crippen LogP contribution in [-0.4, -0.2) is 33.6 Å². The molecule has 0 fully saturated rings. The lowest BCUT2D eigenvalue weighted by Gasteiger charge is -2.26. The van der Waals surface area contributed by atoms with Crippen molar-refractivity contribution in [2.45, 2.75) is 26.4 Å². The van der Waals surface area contributed by atoms with E-state index in [2.05, 4.69) is 15.3 Å². The fourth-order valence-electron chi connectivity index (χ4n) is 3.04. The van der Waals surface area contributed by atoms with E-state index in [0.29, 0.717) is 29.6 Å². The van der Waals surface area contributed by atoms with Gasteiger partial charge in [-0.05, 0) is 31.5 Å². The predicted molar refractivity (Wildman–Crippen MR) is 109 cm³/mol. The van der Waals surface area contributed by atoms with Crippen LogP contribution in [0, 0.1) is 0 Å². The summed E-state index contributed by atoms with van der Waals surface area (Å²) >= 11 is 0. The van der Waals surface area contributed by atoms with Crippen molar-refractivity contribution in [3.05, 3.63) is 72.1 Å². The zero-order valence-electron chi connectivity index (χ0n) is 16.3. The van der Waals surface area contributed by atoms with E-state index in [-0.39, 0.29) is 18.7 Å². The summed E-state index contributed by atoms with van der Waals surface area (Å²) in [5.74, 6) is 1.69. The molecule has 0 aliphatic carbocycles. The first-order chi connectivity index (χ1) is 14.1. The van der Waals surface area contributed by atoms with Crippen molar-refractivity contribution >= 4 is 17.5 Å². The van der Waals surface area contributed by atoms with Gasteiger partial charge in [0.15, 0.2) is 11.5 Å². The molecule has 2 aromatic carbocycles. The van der Waals surface area contributed by atoms with Crippen LogP contribution in [0.3, 0.4) is 0 Å². The van der Waals surface area contributed by atoms with E-state index >= 15 is 0 Å². The molecule has 4 rings (SSSR count). The van der Waals surface area contributed by atoms with Crippen molar-refractivity contribution < 1.29 is 14.3 Å². The van der Waals surface area contributed by atoms with Gasteiger partial charge in [-0.1, -0.05) is 30.3 Å². The summed E-state index contributed by atoms with van der Waals surface area (Å²) in [5, 5.41) is 3.11. The van der Waals surface area contributed by atoms with Gasteiger partial charge in [0, 0.05) is 36.7 Å². The molecule has 1 aliphatic heterocycles. The zero-order valence-corrected chi connectivity index (χ0v) is 16.3. The largest absolute Gasteiger partial charge is 0.454 e. The SMILES string of the molecule is CC(C)N(Cc1ccccc1)C(=O)c1cnc(Nc2ccc3c(c2)OCO3)nc1. The van der Waals surface area contributed by atoms with Crippen LogP contribution in [-0.2, 0) is 6.54 Å². The molecule has 0 atom stereocenters. The smallest absolute Gasteiger partial charge is 0.257 e. The minimum absolute atomic E-state index is 0.0501. The van der Waals surface area contributed by atoms with Gasteiger partial charge in [0.25, 0.3) is 5.91 Å². The monoisotopic (exact) mass is 390 g/mol. The van der Waals surface area contributed by atoms with E-state index in [4.69, 9.17) is 9.47 Å². The Kier molecular flexibility index (Phi) is 5.29. The summed E-state index contributed by atoms with van der Waals surface area (Å²) < 4.78 is 10.7. The Balaban J connectivity index is 1.46. The number of aromatic nitrogens is 2. The molecule has 7 nitrogen and oxygen atoms in total. The van der Waals surface area contributed by atoms with Crippen molar-refractivity contribution in [1.82, 2.24) is 14.9 Å². The number of carbonyl (C=O) groups excluding carboxylic acids is 1. The Morgan fingerprint density at radius 2 is 1.79 bits per heavy atom. The van der Waals surface area contributed by atoms with Crippen LogP contribution in [0.5, 0.6) is 11.5 Å². The van der Waals surface area contributed by atoms with Crippen LogP contribution >= 0.6 is 0 Å². The van der Waals surface area contributed by atoms with Gasteiger partial charge in [-0.25, -0.2) is 9.97 Å². The van der Waals surface area contributed by atoms with E-state index < -0.39 is 0 Å². The molecule has 0 saturated carbocycles. The van der Waals surface area contributed by atoms with Gasteiger partial charge in [-0.15, -0.1) is 0 Å². The highest BCUT2D eigenvalue weighted by atomic mass is 16.7. The third-order valence-corrected chi connectivity index (χ3v) is 4.61. The van der Waals surface area contributed by atoms with Crippen LogP contribution in [0.15, 0.2) is 60.9 Å². The first-order valence-electron chi connectivity index (χ1n) is 9.44. The number of fused-ring (bicyclic) bond motifs is 1. The highest BCUT2D eigenvalue weighted by Crippen LogP contribution is 2.34. The first kappa shape index (κ1) is 18.7.